The minimum absolute atomic E-state index is 0.00181. The van der Waals surface area contributed by atoms with E-state index in [1.807, 2.05) is 62.4 Å². The quantitative estimate of drug-likeness (QED) is 0.316. The van der Waals surface area contributed by atoms with E-state index in [4.69, 9.17) is 9.98 Å². The van der Waals surface area contributed by atoms with Crippen LogP contribution in [0.25, 0.3) is 0 Å². The van der Waals surface area contributed by atoms with Gasteiger partial charge < -0.3 is 20.8 Å². The summed E-state index contributed by atoms with van der Waals surface area (Å²) in [6.07, 6.45) is 5.16. The molecule has 0 spiro atoms. The zero-order chi connectivity index (χ0) is 34.6. The van der Waals surface area contributed by atoms with Crippen molar-refractivity contribution in [2.45, 2.75) is 104 Å². The molecular formula is C40H54N6O2-2. The number of hydrogen-bond acceptors (Lipinski definition) is 8. The summed E-state index contributed by atoms with van der Waals surface area (Å²) < 4.78 is 0. The van der Waals surface area contributed by atoms with Gasteiger partial charge in [0.05, 0.1) is 11.4 Å². The third-order valence-corrected chi connectivity index (χ3v) is 9.86. The molecule has 3 aliphatic heterocycles. The molecule has 8 nitrogen and oxygen atoms in total. The molecule has 4 atom stereocenters. The summed E-state index contributed by atoms with van der Waals surface area (Å²) in [5.41, 5.74) is 5.76. The lowest BCUT2D eigenvalue weighted by Crippen LogP contribution is -2.53. The van der Waals surface area contributed by atoms with E-state index < -0.39 is 0 Å². The van der Waals surface area contributed by atoms with Crippen LogP contribution in [0.15, 0.2) is 58.5 Å². The number of aliphatic imine (C=N–C) groups is 2. The molecule has 3 aromatic rings. The van der Waals surface area contributed by atoms with Gasteiger partial charge in [0, 0.05) is 74.9 Å². The van der Waals surface area contributed by atoms with Gasteiger partial charge in [0.25, 0.3) is 0 Å². The van der Waals surface area contributed by atoms with Crippen LogP contribution in [-0.2, 0) is 13.1 Å². The molecule has 0 aliphatic carbocycles. The molecule has 0 aromatic heterocycles. The van der Waals surface area contributed by atoms with Crippen molar-refractivity contribution in [3.63, 3.8) is 0 Å². The van der Waals surface area contributed by atoms with Crippen molar-refractivity contribution < 1.29 is 10.2 Å². The summed E-state index contributed by atoms with van der Waals surface area (Å²) in [6.45, 7) is 22.0. The average Bonchev–Trinajstić information content (AvgIpc) is 3.00. The Kier molecular flexibility index (Phi) is 11.1. The van der Waals surface area contributed by atoms with Gasteiger partial charge in [-0.15, -0.1) is 0 Å². The second kappa shape index (κ2) is 14.9. The van der Waals surface area contributed by atoms with Gasteiger partial charge in [-0.3, -0.25) is 19.8 Å². The predicted molar refractivity (Wildman–Crippen MR) is 195 cm³/mol. The highest BCUT2D eigenvalue weighted by Crippen LogP contribution is 2.31. The monoisotopic (exact) mass is 650 g/mol. The largest absolute Gasteiger partial charge is 0.872 e. The van der Waals surface area contributed by atoms with Gasteiger partial charge in [-0.05, 0) is 103 Å². The number of benzene rings is 3. The Labute approximate surface area is 288 Å². The molecule has 0 amide bonds. The van der Waals surface area contributed by atoms with Crippen LogP contribution >= 0.6 is 0 Å². The highest BCUT2D eigenvalue weighted by molar-refractivity contribution is 5.90. The Morgan fingerprint density at radius 1 is 0.667 bits per heavy atom. The second-order valence-electron chi connectivity index (χ2n) is 15.4. The van der Waals surface area contributed by atoms with Crippen LogP contribution in [0.3, 0.4) is 0 Å². The number of nitrogens with zero attached hydrogens (tertiary/aromatic N) is 4. The summed E-state index contributed by atoms with van der Waals surface area (Å²) in [5, 5.41) is 35.6. The van der Waals surface area contributed by atoms with E-state index in [9.17, 15) is 10.2 Å². The molecular weight excluding hydrogens is 596 g/mol. The highest BCUT2D eigenvalue weighted by atomic mass is 16.3. The van der Waals surface area contributed by atoms with Crippen LogP contribution in [0.1, 0.15) is 87.8 Å². The molecule has 4 unspecified atom stereocenters. The Bertz CT molecular complexity index is 1520. The lowest BCUT2D eigenvalue weighted by Gasteiger charge is -2.41. The molecule has 8 heteroatoms. The van der Waals surface area contributed by atoms with Crippen LogP contribution in [0, 0.1) is 13.8 Å². The fraction of sp³-hybridized carbons (Fsp3) is 0.500. The van der Waals surface area contributed by atoms with Crippen molar-refractivity contribution in [3.8, 4) is 11.5 Å². The first-order chi connectivity index (χ1) is 22.7. The molecule has 0 radical (unpaired) electrons. The topological polar surface area (TPSA) is 101 Å². The third-order valence-electron chi connectivity index (χ3n) is 9.86. The van der Waals surface area contributed by atoms with Crippen LogP contribution in [0.4, 0.5) is 11.4 Å². The van der Waals surface area contributed by atoms with Crippen molar-refractivity contribution >= 4 is 23.8 Å². The van der Waals surface area contributed by atoms with E-state index in [1.54, 1.807) is 12.4 Å². The Balaban J connectivity index is 1.66. The number of nitrogens with one attached hydrogen (secondary N) is 2. The van der Waals surface area contributed by atoms with Crippen molar-refractivity contribution in [3.05, 3.63) is 81.9 Å². The molecule has 48 heavy (non-hydrogen) atoms. The number of rotatable bonds is 0. The fourth-order valence-electron chi connectivity index (χ4n) is 7.45. The van der Waals surface area contributed by atoms with Crippen molar-refractivity contribution in [1.82, 2.24) is 20.4 Å². The molecule has 6 bridgehead atoms. The molecule has 3 heterocycles. The van der Waals surface area contributed by atoms with Gasteiger partial charge in [-0.2, -0.15) is 0 Å². The van der Waals surface area contributed by atoms with E-state index in [-0.39, 0.29) is 34.7 Å². The first kappa shape index (κ1) is 35.7. The fourth-order valence-corrected chi connectivity index (χ4v) is 7.45. The Morgan fingerprint density at radius 2 is 1.06 bits per heavy atom. The van der Waals surface area contributed by atoms with Crippen LogP contribution < -0.4 is 20.8 Å². The van der Waals surface area contributed by atoms with Gasteiger partial charge in [0.2, 0.25) is 0 Å². The third kappa shape index (κ3) is 9.11. The highest BCUT2D eigenvalue weighted by Gasteiger charge is 2.29. The Hall–Kier alpha value is -3.56. The van der Waals surface area contributed by atoms with Gasteiger partial charge in [0.1, 0.15) is 0 Å². The number of fused-ring (bicyclic) bond motifs is 10. The number of hydrogen-bond donors (Lipinski definition) is 2. The number of aryl methyl sites for hydroxylation is 2. The Morgan fingerprint density at radius 3 is 1.46 bits per heavy atom. The minimum atomic E-state index is -0.130. The smallest absolute Gasteiger partial charge is 0.0886 e. The van der Waals surface area contributed by atoms with Crippen molar-refractivity contribution in [1.29, 1.82) is 0 Å². The first-order valence-corrected chi connectivity index (χ1v) is 17.5. The normalized spacial score (nSPS) is 25.0. The molecule has 1 saturated heterocycles. The minimum Gasteiger partial charge on any atom is -0.872 e. The molecule has 3 aliphatic rings. The first-order valence-electron chi connectivity index (χ1n) is 17.5. The summed E-state index contributed by atoms with van der Waals surface area (Å²) in [5.74, 6) is 0.00362. The molecule has 6 rings (SSSR count). The molecule has 0 saturated carbocycles. The SMILES string of the molecule is Cc1cc2c([O-])c(c1)CN1CCNC(C)(C)CC(C)N(CCNC(C)(C)CC1C)Cc1cc(C)cc(c1[O-])C=Nc1ccccc1N=C2. The molecule has 258 valence electrons. The zero-order valence-corrected chi connectivity index (χ0v) is 30.2. The van der Waals surface area contributed by atoms with E-state index in [1.165, 1.54) is 0 Å². The molecule has 1 fully saturated rings. The second-order valence-corrected chi connectivity index (χ2v) is 15.4. The van der Waals surface area contributed by atoms with Gasteiger partial charge in [-0.25, -0.2) is 0 Å². The summed E-state index contributed by atoms with van der Waals surface area (Å²) >= 11 is 0. The van der Waals surface area contributed by atoms with E-state index in [0.717, 1.165) is 61.3 Å². The molecule has 2 N–H and O–H groups in total. The van der Waals surface area contributed by atoms with Crippen LogP contribution in [0.2, 0.25) is 0 Å². The zero-order valence-electron chi connectivity index (χ0n) is 30.2. The van der Waals surface area contributed by atoms with E-state index in [2.05, 4.69) is 62.0 Å². The predicted octanol–water partition coefficient (Wildman–Crippen LogP) is 5.88. The molecule has 3 aromatic carbocycles. The van der Waals surface area contributed by atoms with Crippen molar-refractivity contribution in [2.75, 3.05) is 26.2 Å². The average molecular weight is 651 g/mol. The van der Waals surface area contributed by atoms with Gasteiger partial charge in [0.15, 0.2) is 0 Å². The summed E-state index contributed by atoms with van der Waals surface area (Å²) in [7, 11) is 0. The summed E-state index contributed by atoms with van der Waals surface area (Å²) in [6, 6.07) is 15.9. The number of para-hydroxylation sites is 2. The van der Waals surface area contributed by atoms with Crippen LogP contribution in [0.5, 0.6) is 11.5 Å². The van der Waals surface area contributed by atoms with Crippen molar-refractivity contribution in [2.24, 2.45) is 9.98 Å². The lowest BCUT2D eigenvalue weighted by molar-refractivity contribution is -0.270. The lowest BCUT2D eigenvalue weighted by atomic mass is 9.93. The van der Waals surface area contributed by atoms with Gasteiger partial charge >= 0.3 is 0 Å². The standard InChI is InChI=1S/C40H56N6O2/c1-27-17-31-23-41-35-11-9-10-12-36(35)42-24-32-18-28(2)20-34(38(32)48)26-46-16-14-44-39(5,6)21-29(3)45(25-33(19-27)37(31)47)15-13-43-40(7,8)22-30(46)4/h9-12,17-20,23-24,29-30,43-44,47-48H,13-16,21-22,25-26H2,1-8H3/p-2. The summed E-state index contributed by atoms with van der Waals surface area (Å²) in [4.78, 5) is 14.4. The maximum Gasteiger partial charge on any atom is 0.0886 e. The van der Waals surface area contributed by atoms with Gasteiger partial charge in [-0.1, -0.05) is 59.0 Å². The maximum absolute atomic E-state index is 13.9. The van der Waals surface area contributed by atoms with E-state index >= 15 is 0 Å². The maximum atomic E-state index is 13.9. The van der Waals surface area contributed by atoms with Crippen LogP contribution in [-0.4, -0.2) is 71.6 Å². The van der Waals surface area contributed by atoms with E-state index in [0.29, 0.717) is 35.6 Å².